The number of carbonyl (C=O) groups excluding carboxylic acids is 1. The first-order chi connectivity index (χ1) is 16.9. The maximum Gasteiger partial charge on any atom is 0.245 e. The van der Waals surface area contributed by atoms with Crippen LogP contribution in [0.2, 0.25) is 0 Å². The number of nitrogens with one attached hydrogen (secondary N) is 1. The molecule has 9 heteroatoms. The Balaban J connectivity index is 0.000000307. The first-order valence-electron chi connectivity index (χ1n) is 11.8. The number of benzene rings is 1. The van der Waals surface area contributed by atoms with Crippen molar-refractivity contribution in [2.45, 2.75) is 26.9 Å². The normalized spacial score (nSPS) is 15.6. The van der Waals surface area contributed by atoms with Gasteiger partial charge in [-0.15, -0.1) is 0 Å². The van der Waals surface area contributed by atoms with E-state index in [-0.39, 0.29) is 7.21 Å². The van der Waals surface area contributed by atoms with Gasteiger partial charge in [0.15, 0.2) is 5.78 Å². The van der Waals surface area contributed by atoms with Crippen molar-refractivity contribution in [1.82, 2.24) is 19.4 Å². The third kappa shape index (κ3) is 6.52. The zero-order valence-corrected chi connectivity index (χ0v) is 20.9. The van der Waals surface area contributed by atoms with E-state index < -0.39 is 0 Å². The molecule has 0 unspecified atom stereocenters. The molecule has 4 heterocycles. The minimum atomic E-state index is 0. The number of nitrogens with zero attached hydrogens (tertiary/aromatic N) is 6. The topological polar surface area (TPSA) is 87.9 Å². The van der Waals surface area contributed by atoms with Gasteiger partial charge in [-0.1, -0.05) is 29.8 Å². The van der Waals surface area contributed by atoms with Gasteiger partial charge in [0.1, 0.15) is 5.82 Å². The van der Waals surface area contributed by atoms with Crippen LogP contribution in [0.3, 0.4) is 0 Å². The Morgan fingerprint density at radius 3 is 2.63 bits per heavy atom. The van der Waals surface area contributed by atoms with E-state index in [1.54, 1.807) is 13.1 Å². The van der Waals surface area contributed by atoms with E-state index in [2.05, 4.69) is 51.4 Å². The lowest BCUT2D eigenvalue weighted by Gasteiger charge is -2.29. The van der Waals surface area contributed by atoms with Crippen LogP contribution in [0.4, 0.5) is 11.8 Å². The summed E-state index contributed by atoms with van der Waals surface area (Å²) in [5.74, 6) is 1.68. The number of hydrogen-bond acceptors (Lipinski definition) is 8. The van der Waals surface area contributed by atoms with Crippen molar-refractivity contribution in [1.29, 1.82) is 0 Å². The summed E-state index contributed by atoms with van der Waals surface area (Å²) in [4.78, 5) is 24.6. The van der Waals surface area contributed by atoms with Gasteiger partial charge in [-0.2, -0.15) is 10.1 Å². The Kier molecular flexibility index (Phi) is 7.89. The summed E-state index contributed by atoms with van der Waals surface area (Å²) in [5, 5.41) is 4.33. The fourth-order valence-electron chi connectivity index (χ4n) is 4.10. The molecule has 35 heavy (non-hydrogen) atoms. The molecule has 1 N–H and O–H groups in total. The molecular formula is C26H35N7O2. The second kappa shape index (κ2) is 11.2. The van der Waals surface area contributed by atoms with E-state index in [0.717, 1.165) is 62.0 Å². The number of hydrogen-bond donors (Lipinski definition) is 1. The minimum Gasteiger partial charge on any atom is -0.378 e. The summed E-state index contributed by atoms with van der Waals surface area (Å²) in [5.41, 5.74) is 8.34. The summed E-state index contributed by atoms with van der Waals surface area (Å²) in [7, 11) is 4.00. The standard InChI is InChI=1S/C19H24N6O.C7H9NO.H2/c1-14-4-3-5-15(10-14)11-20-23-19-21-17-13-24(2)12-16(17)18(22-19)25-6-8-26-9-7-25;1-6(9)7-3-4-8(2)5-7;/h3-5,10-11H,6-9,12-13H2,1-2H3,(H,21,22,23);3-5H,1-2H3;1H/b20-11+;;. The average molecular weight is 478 g/mol. The third-order valence-corrected chi connectivity index (χ3v) is 5.89. The minimum absolute atomic E-state index is 0. The molecule has 0 amide bonds. The van der Waals surface area contributed by atoms with Gasteiger partial charge in [0.05, 0.1) is 25.1 Å². The lowest BCUT2D eigenvalue weighted by Crippen LogP contribution is -2.37. The zero-order chi connectivity index (χ0) is 24.8. The number of aryl methyl sites for hydroxylation is 2. The number of ether oxygens (including phenoxy) is 1. The zero-order valence-electron chi connectivity index (χ0n) is 20.9. The van der Waals surface area contributed by atoms with Gasteiger partial charge in [0.25, 0.3) is 0 Å². The Bertz CT molecular complexity index is 1200. The molecule has 1 fully saturated rings. The molecule has 0 atom stereocenters. The van der Waals surface area contributed by atoms with Crippen LogP contribution in [0.1, 0.15) is 41.1 Å². The van der Waals surface area contributed by atoms with Gasteiger partial charge in [0, 0.05) is 58.2 Å². The Hall–Kier alpha value is -3.56. The molecule has 186 valence electrons. The van der Waals surface area contributed by atoms with E-state index in [9.17, 15) is 4.79 Å². The van der Waals surface area contributed by atoms with E-state index in [1.165, 1.54) is 11.1 Å². The highest BCUT2D eigenvalue weighted by Gasteiger charge is 2.26. The molecule has 0 spiro atoms. The SMILES string of the molecule is CC(=O)c1ccn(C)c1.Cc1cccc(/C=N/Nc2nc3c(c(N4CCOCC4)n2)CN(C)C3)c1.[HH]. The number of hydrazone groups is 1. The number of fused-ring (bicyclic) bond motifs is 1. The molecule has 9 nitrogen and oxygen atoms in total. The van der Waals surface area contributed by atoms with Crippen molar-refractivity contribution in [3.63, 3.8) is 0 Å². The fourth-order valence-corrected chi connectivity index (χ4v) is 4.10. The molecule has 2 aliphatic rings. The molecule has 0 bridgehead atoms. The van der Waals surface area contributed by atoms with Crippen LogP contribution in [-0.2, 0) is 24.9 Å². The van der Waals surface area contributed by atoms with Crippen LogP contribution in [0.5, 0.6) is 0 Å². The maximum absolute atomic E-state index is 10.6. The van der Waals surface area contributed by atoms with Crippen LogP contribution in [0.15, 0.2) is 47.8 Å². The summed E-state index contributed by atoms with van der Waals surface area (Å²) < 4.78 is 7.34. The monoisotopic (exact) mass is 477 g/mol. The van der Waals surface area contributed by atoms with Crippen molar-refractivity contribution in [2.24, 2.45) is 12.1 Å². The molecular weight excluding hydrogens is 442 g/mol. The number of Topliss-reactive ketones (excluding diaryl/α,β-unsaturated/α-hetero) is 1. The maximum atomic E-state index is 10.6. The highest BCUT2D eigenvalue weighted by Crippen LogP contribution is 2.30. The predicted molar refractivity (Wildman–Crippen MR) is 140 cm³/mol. The van der Waals surface area contributed by atoms with Gasteiger partial charge < -0.3 is 14.2 Å². The lowest BCUT2D eigenvalue weighted by molar-refractivity contribution is 0.101. The second-order valence-corrected chi connectivity index (χ2v) is 8.97. The van der Waals surface area contributed by atoms with Gasteiger partial charge in [0.2, 0.25) is 5.95 Å². The second-order valence-electron chi connectivity index (χ2n) is 8.97. The van der Waals surface area contributed by atoms with Crippen LogP contribution in [0, 0.1) is 6.92 Å². The average Bonchev–Trinajstić information content (AvgIpc) is 3.44. The van der Waals surface area contributed by atoms with Gasteiger partial charge >= 0.3 is 0 Å². The molecule has 0 saturated carbocycles. The largest absolute Gasteiger partial charge is 0.378 e. The van der Waals surface area contributed by atoms with E-state index in [1.807, 2.05) is 42.2 Å². The highest BCUT2D eigenvalue weighted by molar-refractivity contribution is 5.93. The first kappa shape index (κ1) is 24.6. The Morgan fingerprint density at radius 1 is 1.17 bits per heavy atom. The van der Waals surface area contributed by atoms with E-state index in [0.29, 0.717) is 5.95 Å². The van der Waals surface area contributed by atoms with Crippen LogP contribution < -0.4 is 10.3 Å². The van der Waals surface area contributed by atoms with Crippen molar-refractivity contribution in [3.05, 3.63) is 70.7 Å². The van der Waals surface area contributed by atoms with Crippen molar-refractivity contribution >= 4 is 23.8 Å². The molecule has 2 aromatic heterocycles. The highest BCUT2D eigenvalue weighted by atomic mass is 16.5. The van der Waals surface area contributed by atoms with Crippen LogP contribution in [-0.4, -0.2) is 64.8 Å². The fraction of sp³-hybridized carbons (Fsp3) is 0.385. The molecule has 3 aromatic rings. The van der Waals surface area contributed by atoms with Gasteiger partial charge in [-0.25, -0.2) is 10.4 Å². The van der Waals surface area contributed by atoms with E-state index in [4.69, 9.17) is 9.72 Å². The Labute approximate surface area is 207 Å². The number of ketones is 1. The summed E-state index contributed by atoms with van der Waals surface area (Å²) in [6.45, 7) is 8.55. The third-order valence-electron chi connectivity index (χ3n) is 5.89. The van der Waals surface area contributed by atoms with Crippen molar-refractivity contribution in [2.75, 3.05) is 43.7 Å². The number of morpholine rings is 1. The molecule has 1 aromatic carbocycles. The van der Waals surface area contributed by atoms with Crippen molar-refractivity contribution < 1.29 is 11.0 Å². The lowest BCUT2D eigenvalue weighted by atomic mass is 10.2. The number of anilines is 2. The van der Waals surface area contributed by atoms with Crippen molar-refractivity contribution in [3.8, 4) is 0 Å². The Morgan fingerprint density at radius 2 is 1.97 bits per heavy atom. The first-order valence-corrected chi connectivity index (χ1v) is 11.8. The summed E-state index contributed by atoms with van der Waals surface area (Å²) in [6.07, 6.45) is 5.46. The van der Waals surface area contributed by atoms with Crippen LogP contribution in [0.25, 0.3) is 0 Å². The number of aromatic nitrogens is 3. The molecule has 2 aliphatic heterocycles. The molecule has 1 saturated heterocycles. The smallest absolute Gasteiger partial charge is 0.245 e. The molecule has 0 aliphatic carbocycles. The molecule has 5 rings (SSSR count). The predicted octanol–water partition coefficient (Wildman–Crippen LogP) is 3.49. The summed E-state index contributed by atoms with van der Waals surface area (Å²) in [6, 6.07) is 10.0. The van der Waals surface area contributed by atoms with Gasteiger partial charge in [-0.05, 0) is 32.5 Å². The van der Waals surface area contributed by atoms with E-state index >= 15 is 0 Å². The quantitative estimate of drug-likeness (QED) is 0.342. The van der Waals surface area contributed by atoms with Gasteiger partial charge in [-0.3, -0.25) is 9.69 Å². The van der Waals surface area contributed by atoms with Crippen LogP contribution >= 0.6 is 0 Å². The number of carbonyl (C=O) groups is 1. The molecule has 0 radical (unpaired) electrons. The summed E-state index contributed by atoms with van der Waals surface area (Å²) >= 11 is 0. The number of rotatable bonds is 5.